The molecule has 0 saturated carbocycles. The van der Waals surface area contributed by atoms with E-state index < -0.39 is 0 Å². The number of hydrogen-bond donors (Lipinski definition) is 1. The molecule has 0 bridgehead atoms. The van der Waals surface area contributed by atoms with Gasteiger partial charge in [0.15, 0.2) is 0 Å². The van der Waals surface area contributed by atoms with Gasteiger partial charge in [0.1, 0.15) is 0 Å². The van der Waals surface area contributed by atoms with Gasteiger partial charge in [0, 0.05) is 27.2 Å². The molecule has 0 heterocycles. The number of methoxy groups -OCH3 is 1. The minimum Gasteiger partial charge on any atom is -0.384 e. The van der Waals surface area contributed by atoms with Crippen LogP contribution in [0.5, 0.6) is 0 Å². The van der Waals surface area contributed by atoms with Crippen LogP contribution in [0.15, 0.2) is 12.2 Å². The molecular weight excluding hydrogens is 190 g/mol. The summed E-state index contributed by atoms with van der Waals surface area (Å²) in [5.41, 5.74) is 0.988. The lowest BCUT2D eigenvalue weighted by Crippen LogP contribution is -2.22. The molecule has 0 aromatic heterocycles. The van der Waals surface area contributed by atoms with Gasteiger partial charge in [-0.15, -0.1) is 0 Å². The molecule has 0 rings (SSSR count). The molecule has 0 aromatic carbocycles. The number of ether oxygens (including phenoxy) is 1. The lowest BCUT2D eigenvalue weighted by molar-refractivity contribution is -0.118. The van der Waals surface area contributed by atoms with Crippen molar-refractivity contribution in [2.45, 2.75) is 41.0 Å². The van der Waals surface area contributed by atoms with E-state index in [1.165, 1.54) is 6.92 Å². The van der Waals surface area contributed by atoms with Gasteiger partial charge >= 0.3 is 0 Å². The number of carbonyl (C=O) groups excluding carboxylic acids is 1. The van der Waals surface area contributed by atoms with Gasteiger partial charge < -0.3 is 10.1 Å². The maximum atomic E-state index is 10.4. The Labute approximate surface area is 94.9 Å². The molecule has 1 N–H and O–H groups in total. The lowest BCUT2D eigenvalue weighted by atomic mass is 10.2. The van der Waals surface area contributed by atoms with E-state index in [1.807, 2.05) is 27.7 Å². The molecular formula is C12H27NO2. The van der Waals surface area contributed by atoms with E-state index in [1.54, 1.807) is 7.11 Å². The molecule has 3 nitrogen and oxygen atoms in total. The third kappa shape index (κ3) is 24.6. The van der Waals surface area contributed by atoms with Crippen LogP contribution in [0.4, 0.5) is 0 Å². The van der Waals surface area contributed by atoms with Gasteiger partial charge in [-0.3, -0.25) is 4.79 Å². The van der Waals surface area contributed by atoms with Crippen molar-refractivity contribution in [3.8, 4) is 0 Å². The fraction of sp³-hybridized carbons (Fsp3) is 0.750. The summed E-state index contributed by atoms with van der Waals surface area (Å²) >= 11 is 0. The predicted octanol–water partition coefficient (Wildman–Crippen LogP) is 2.77. The molecule has 0 aromatic rings. The van der Waals surface area contributed by atoms with Crippen molar-refractivity contribution in [2.24, 2.45) is 0 Å². The van der Waals surface area contributed by atoms with Crippen LogP contribution in [0.2, 0.25) is 0 Å². The van der Waals surface area contributed by atoms with Gasteiger partial charge in [-0.2, -0.15) is 0 Å². The minimum absolute atomic E-state index is 0.0245. The Morgan fingerprint density at radius 3 is 2.07 bits per heavy atom. The van der Waals surface area contributed by atoms with E-state index in [4.69, 9.17) is 4.74 Å². The van der Waals surface area contributed by atoms with E-state index in [2.05, 4.69) is 11.9 Å². The summed E-state index contributed by atoms with van der Waals surface area (Å²) in [4.78, 5) is 10.4. The normalized spacial score (nSPS) is 7.60. The van der Waals surface area contributed by atoms with Gasteiger partial charge in [0.25, 0.3) is 0 Å². The van der Waals surface area contributed by atoms with E-state index >= 15 is 0 Å². The third-order valence-corrected chi connectivity index (χ3v) is 1.25. The Bertz CT molecular complexity index is 145. The number of hydrogen-bond acceptors (Lipinski definition) is 2. The van der Waals surface area contributed by atoms with Crippen molar-refractivity contribution in [1.29, 1.82) is 0 Å². The maximum absolute atomic E-state index is 10.4. The van der Waals surface area contributed by atoms with Crippen molar-refractivity contribution in [3.63, 3.8) is 0 Å². The first-order chi connectivity index (χ1) is 7.16. The minimum atomic E-state index is -0.0245. The van der Waals surface area contributed by atoms with E-state index in [9.17, 15) is 4.79 Å². The first kappa shape index (κ1) is 19.7. The summed E-state index contributed by atoms with van der Waals surface area (Å²) in [5.74, 6) is -0.0245. The molecule has 3 heteroatoms. The molecule has 0 fully saturated rings. The van der Waals surface area contributed by atoms with Gasteiger partial charge in [-0.1, -0.05) is 39.8 Å². The number of nitrogens with one attached hydrogen (secondary N) is 1. The van der Waals surface area contributed by atoms with Crippen LogP contribution in [-0.4, -0.2) is 26.2 Å². The highest BCUT2D eigenvalue weighted by molar-refractivity contribution is 5.73. The zero-order valence-corrected chi connectivity index (χ0v) is 11.1. The zero-order valence-electron chi connectivity index (χ0n) is 11.1. The van der Waals surface area contributed by atoms with Gasteiger partial charge in [-0.25, -0.2) is 0 Å². The average molecular weight is 217 g/mol. The molecule has 15 heavy (non-hydrogen) atoms. The number of amides is 1. The quantitative estimate of drug-likeness (QED) is 0.719. The third-order valence-electron chi connectivity index (χ3n) is 1.25. The summed E-state index contributed by atoms with van der Waals surface area (Å²) < 4.78 is 4.85. The summed E-state index contributed by atoms with van der Waals surface area (Å²) in [6, 6.07) is 0. The number of carbonyl (C=O) groups is 1. The lowest BCUT2D eigenvalue weighted by Gasteiger charge is -2.04. The Morgan fingerprint density at radius 1 is 1.27 bits per heavy atom. The first-order valence-corrected chi connectivity index (χ1v) is 5.57. The van der Waals surface area contributed by atoms with Gasteiger partial charge in [-0.05, 0) is 6.42 Å². The Hall–Kier alpha value is -0.830. The Balaban J connectivity index is -0.000000318. The summed E-state index contributed by atoms with van der Waals surface area (Å²) in [5, 5.41) is 2.66. The predicted molar refractivity (Wildman–Crippen MR) is 67.0 cm³/mol. The monoisotopic (exact) mass is 217 g/mol. The standard InChI is InChI=1S/C8H15NO2.2C2H6/c1-7(4-5-11-3)6-9-8(2)10;2*1-2/h1,4-6H2,2-3H3,(H,9,10);2*1-2H3. The molecule has 0 aliphatic carbocycles. The highest BCUT2D eigenvalue weighted by Gasteiger charge is 1.94. The maximum Gasteiger partial charge on any atom is 0.217 e. The first-order valence-electron chi connectivity index (χ1n) is 5.57. The highest BCUT2D eigenvalue weighted by atomic mass is 16.5. The molecule has 0 unspecified atom stereocenters. The van der Waals surface area contributed by atoms with Crippen LogP contribution in [0.3, 0.4) is 0 Å². The van der Waals surface area contributed by atoms with Crippen LogP contribution in [0.25, 0.3) is 0 Å². The van der Waals surface area contributed by atoms with Crippen molar-refractivity contribution < 1.29 is 9.53 Å². The van der Waals surface area contributed by atoms with Crippen molar-refractivity contribution in [2.75, 3.05) is 20.3 Å². The van der Waals surface area contributed by atoms with Crippen molar-refractivity contribution in [1.82, 2.24) is 5.32 Å². The van der Waals surface area contributed by atoms with E-state index in [0.29, 0.717) is 13.2 Å². The fourth-order valence-corrected chi connectivity index (χ4v) is 0.584. The van der Waals surface area contributed by atoms with E-state index in [0.717, 1.165) is 12.0 Å². The average Bonchev–Trinajstić information content (AvgIpc) is 2.29. The zero-order chi connectivity index (χ0) is 12.7. The van der Waals surface area contributed by atoms with Crippen LogP contribution < -0.4 is 5.32 Å². The van der Waals surface area contributed by atoms with Crippen LogP contribution >= 0.6 is 0 Å². The second-order valence-corrected chi connectivity index (χ2v) is 2.40. The van der Waals surface area contributed by atoms with Crippen molar-refractivity contribution in [3.05, 3.63) is 12.2 Å². The highest BCUT2D eigenvalue weighted by Crippen LogP contribution is 1.94. The van der Waals surface area contributed by atoms with Crippen LogP contribution in [0.1, 0.15) is 41.0 Å². The molecule has 0 aliphatic heterocycles. The number of rotatable bonds is 5. The summed E-state index contributed by atoms with van der Waals surface area (Å²) in [6.45, 7) is 14.5. The Kier molecular flexibility index (Phi) is 24.8. The molecule has 0 atom stereocenters. The summed E-state index contributed by atoms with van der Waals surface area (Å²) in [7, 11) is 1.64. The molecule has 0 radical (unpaired) electrons. The van der Waals surface area contributed by atoms with Crippen molar-refractivity contribution >= 4 is 5.91 Å². The fourth-order valence-electron chi connectivity index (χ4n) is 0.584. The van der Waals surface area contributed by atoms with E-state index in [-0.39, 0.29) is 5.91 Å². The topological polar surface area (TPSA) is 38.3 Å². The van der Waals surface area contributed by atoms with Crippen LogP contribution in [0, 0.1) is 0 Å². The molecule has 0 spiro atoms. The molecule has 92 valence electrons. The smallest absolute Gasteiger partial charge is 0.217 e. The largest absolute Gasteiger partial charge is 0.384 e. The Morgan fingerprint density at radius 2 is 1.73 bits per heavy atom. The van der Waals surface area contributed by atoms with Gasteiger partial charge in [0.05, 0.1) is 0 Å². The molecule has 0 aliphatic rings. The summed E-state index contributed by atoms with van der Waals surface area (Å²) in [6.07, 6.45) is 0.802. The second kappa shape index (κ2) is 18.9. The van der Waals surface area contributed by atoms with Gasteiger partial charge in [0.2, 0.25) is 5.91 Å². The SMILES string of the molecule is C=C(CCOC)CNC(C)=O.CC.CC. The molecule has 0 saturated heterocycles. The molecule has 1 amide bonds. The van der Waals surface area contributed by atoms with Crippen LogP contribution in [-0.2, 0) is 9.53 Å². The second-order valence-electron chi connectivity index (χ2n) is 2.40.